The molecule has 0 atom stereocenters. The molecule has 4 amide bonds. The Morgan fingerprint density at radius 2 is 1.20 bits per heavy atom. The summed E-state index contributed by atoms with van der Waals surface area (Å²) in [4.78, 5) is 56.3. The summed E-state index contributed by atoms with van der Waals surface area (Å²) in [5.74, 6) is 1.59. The Bertz CT molecular complexity index is 925. The van der Waals surface area contributed by atoms with Gasteiger partial charge in [-0.15, -0.1) is 5.17 Å². The van der Waals surface area contributed by atoms with Gasteiger partial charge in [0.25, 0.3) is 11.8 Å². The minimum absolute atomic E-state index is 0.132. The smallest absolute Gasteiger partial charge is 0.267 e. The van der Waals surface area contributed by atoms with Crippen LogP contribution in [0.3, 0.4) is 0 Å². The Morgan fingerprint density at radius 1 is 0.767 bits per heavy atom. The van der Waals surface area contributed by atoms with E-state index in [4.69, 9.17) is 10.7 Å². The van der Waals surface area contributed by atoms with Gasteiger partial charge in [0, 0.05) is 11.1 Å². The Hall–Kier alpha value is -3.56. The Kier molecular flexibility index (Phi) is 7.04. The van der Waals surface area contributed by atoms with Gasteiger partial charge < -0.3 is 0 Å². The highest BCUT2D eigenvalue weighted by atomic mass is 16.7. The van der Waals surface area contributed by atoms with E-state index >= 15 is 0 Å². The van der Waals surface area contributed by atoms with Gasteiger partial charge in [0.15, 0.2) is 0 Å². The van der Waals surface area contributed by atoms with E-state index in [2.05, 4.69) is 0 Å². The SMILES string of the molecule is CON(C(=O)c1ccccc1)N(C(=O)C(=O)N(N)C(=O)c1ccccc1)C(C)(C)C. The molecule has 2 aromatic carbocycles. The standard InChI is InChI=1S/C21H24N4O5/c1-21(2,3)24(25(30-4)18(27)16-13-9-6-10-14-16)20(29)19(28)23(22)17(26)15-11-7-5-8-12-15/h5-14H,22H2,1-4H3. The van der Waals surface area contributed by atoms with E-state index in [1.54, 1.807) is 57.2 Å². The number of hydrazine groups is 2. The third-order valence-corrected chi connectivity index (χ3v) is 4.02. The summed E-state index contributed by atoms with van der Waals surface area (Å²) in [6.07, 6.45) is 0. The molecule has 0 radical (unpaired) electrons. The maximum Gasteiger partial charge on any atom is 0.335 e. The molecule has 30 heavy (non-hydrogen) atoms. The minimum Gasteiger partial charge on any atom is -0.267 e. The maximum atomic E-state index is 13.0. The van der Waals surface area contributed by atoms with Crippen LogP contribution in [0.5, 0.6) is 0 Å². The van der Waals surface area contributed by atoms with Gasteiger partial charge in [0.1, 0.15) is 0 Å². The molecule has 0 saturated heterocycles. The summed E-state index contributed by atoms with van der Waals surface area (Å²) in [6.45, 7) is 4.80. The highest BCUT2D eigenvalue weighted by Crippen LogP contribution is 2.20. The van der Waals surface area contributed by atoms with E-state index in [1.807, 2.05) is 0 Å². The van der Waals surface area contributed by atoms with Crippen LogP contribution in [0.4, 0.5) is 0 Å². The van der Waals surface area contributed by atoms with Crippen LogP contribution in [0.1, 0.15) is 41.5 Å². The number of carbonyl (C=O) groups is 4. The molecule has 0 fully saturated rings. The van der Waals surface area contributed by atoms with Crippen LogP contribution in [0.15, 0.2) is 60.7 Å². The van der Waals surface area contributed by atoms with Gasteiger partial charge in [0.2, 0.25) is 0 Å². The van der Waals surface area contributed by atoms with Crippen molar-refractivity contribution < 1.29 is 24.0 Å². The van der Waals surface area contributed by atoms with Crippen molar-refractivity contribution in [3.63, 3.8) is 0 Å². The summed E-state index contributed by atoms with van der Waals surface area (Å²) in [5.41, 5.74) is -0.699. The average molecular weight is 412 g/mol. The van der Waals surface area contributed by atoms with Crippen molar-refractivity contribution in [2.24, 2.45) is 5.84 Å². The molecule has 0 aliphatic heterocycles. The summed E-state index contributed by atoms with van der Waals surface area (Å²) in [7, 11) is 1.19. The number of nitrogens with two attached hydrogens (primary N) is 1. The van der Waals surface area contributed by atoms with E-state index in [1.165, 1.54) is 31.4 Å². The molecular formula is C21H24N4O5. The first-order chi connectivity index (χ1) is 14.1. The fourth-order valence-corrected chi connectivity index (χ4v) is 2.61. The van der Waals surface area contributed by atoms with Gasteiger partial charge in [-0.05, 0) is 45.0 Å². The number of nitrogens with zero attached hydrogens (tertiary/aromatic N) is 3. The topological polar surface area (TPSA) is 113 Å². The number of hydrogen-bond donors (Lipinski definition) is 1. The fraction of sp³-hybridized carbons (Fsp3) is 0.238. The van der Waals surface area contributed by atoms with Gasteiger partial charge in [-0.25, -0.2) is 15.9 Å². The molecule has 2 N–H and O–H groups in total. The molecule has 158 valence electrons. The monoisotopic (exact) mass is 412 g/mol. The highest BCUT2D eigenvalue weighted by Gasteiger charge is 2.41. The molecule has 0 heterocycles. The van der Waals surface area contributed by atoms with E-state index in [-0.39, 0.29) is 16.1 Å². The van der Waals surface area contributed by atoms with Crippen LogP contribution in [-0.2, 0) is 14.4 Å². The lowest BCUT2D eigenvalue weighted by Gasteiger charge is -2.40. The van der Waals surface area contributed by atoms with Crippen molar-refractivity contribution in [3.8, 4) is 0 Å². The molecule has 0 bridgehead atoms. The molecule has 0 spiro atoms. The number of imide groups is 1. The molecule has 9 nitrogen and oxygen atoms in total. The first-order valence-electron chi connectivity index (χ1n) is 9.05. The number of benzene rings is 2. The van der Waals surface area contributed by atoms with Crippen molar-refractivity contribution in [2.75, 3.05) is 7.11 Å². The molecule has 0 aliphatic carbocycles. The average Bonchev–Trinajstić information content (AvgIpc) is 2.75. The van der Waals surface area contributed by atoms with Crippen molar-refractivity contribution in [1.82, 2.24) is 15.2 Å². The quantitative estimate of drug-likeness (QED) is 0.356. The first kappa shape index (κ1) is 22.7. The van der Waals surface area contributed by atoms with Crippen LogP contribution in [-0.4, -0.2) is 51.5 Å². The third kappa shape index (κ3) is 4.88. The maximum absolute atomic E-state index is 13.0. The molecule has 0 unspecified atom stereocenters. The van der Waals surface area contributed by atoms with E-state index in [9.17, 15) is 19.2 Å². The summed E-state index contributed by atoms with van der Waals surface area (Å²) >= 11 is 0. The zero-order chi connectivity index (χ0) is 22.5. The zero-order valence-electron chi connectivity index (χ0n) is 17.2. The van der Waals surface area contributed by atoms with Gasteiger partial charge in [-0.3, -0.25) is 24.0 Å². The molecular weight excluding hydrogens is 388 g/mol. The summed E-state index contributed by atoms with van der Waals surface area (Å²) in [5, 5.41) is 1.72. The van der Waals surface area contributed by atoms with E-state index in [0.717, 1.165) is 5.01 Å². The number of rotatable bonds is 3. The molecule has 2 aromatic rings. The highest BCUT2D eigenvalue weighted by molar-refractivity contribution is 6.38. The molecule has 0 aromatic heterocycles. The second-order valence-corrected chi connectivity index (χ2v) is 7.26. The fourth-order valence-electron chi connectivity index (χ4n) is 2.61. The zero-order valence-corrected chi connectivity index (χ0v) is 17.2. The predicted molar refractivity (Wildman–Crippen MR) is 108 cm³/mol. The molecule has 2 rings (SSSR count). The van der Waals surface area contributed by atoms with Crippen molar-refractivity contribution in [1.29, 1.82) is 0 Å². The number of amides is 4. The lowest BCUT2D eigenvalue weighted by atomic mass is 10.1. The van der Waals surface area contributed by atoms with Crippen LogP contribution in [0.2, 0.25) is 0 Å². The molecule has 0 saturated carbocycles. The number of hydrogen-bond acceptors (Lipinski definition) is 6. The van der Waals surface area contributed by atoms with Crippen LogP contribution in [0, 0.1) is 0 Å². The lowest BCUT2D eigenvalue weighted by Crippen LogP contribution is -2.62. The van der Waals surface area contributed by atoms with Gasteiger partial charge in [-0.1, -0.05) is 36.4 Å². The molecule has 0 aliphatic rings. The van der Waals surface area contributed by atoms with Gasteiger partial charge in [0.05, 0.1) is 12.6 Å². The Balaban J connectivity index is 2.35. The second-order valence-electron chi connectivity index (χ2n) is 7.26. The summed E-state index contributed by atoms with van der Waals surface area (Å²) < 4.78 is 0. The van der Waals surface area contributed by atoms with E-state index < -0.39 is 29.2 Å². The second kappa shape index (κ2) is 9.29. The van der Waals surface area contributed by atoms with Crippen LogP contribution >= 0.6 is 0 Å². The first-order valence-corrected chi connectivity index (χ1v) is 9.05. The van der Waals surface area contributed by atoms with Gasteiger partial charge in [-0.2, -0.15) is 0 Å². The number of hydroxylamine groups is 1. The predicted octanol–water partition coefficient (Wildman–Crippen LogP) is 1.77. The van der Waals surface area contributed by atoms with E-state index in [0.29, 0.717) is 5.17 Å². The Morgan fingerprint density at radius 3 is 1.60 bits per heavy atom. The molecule has 9 heteroatoms. The lowest BCUT2D eigenvalue weighted by molar-refractivity contribution is -0.247. The van der Waals surface area contributed by atoms with Crippen LogP contribution in [0.25, 0.3) is 0 Å². The summed E-state index contributed by atoms with van der Waals surface area (Å²) in [6, 6.07) is 15.9. The largest absolute Gasteiger partial charge is 0.335 e. The minimum atomic E-state index is -1.32. The normalized spacial score (nSPS) is 10.8. The van der Waals surface area contributed by atoms with Crippen LogP contribution < -0.4 is 5.84 Å². The van der Waals surface area contributed by atoms with Gasteiger partial charge >= 0.3 is 11.8 Å². The third-order valence-electron chi connectivity index (χ3n) is 4.02. The Labute approximate surface area is 174 Å². The van der Waals surface area contributed by atoms with Crippen molar-refractivity contribution in [2.45, 2.75) is 26.3 Å². The number of carbonyl (C=O) groups excluding carboxylic acids is 4. The van der Waals surface area contributed by atoms with Crippen molar-refractivity contribution >= 4 is 23.6 Å². The van der Waals surface area contributed by atoms with Crippen molar-refractivity contribution in [3.05, 3.63) is 71.8 Å².